The fourth-order valence-corrected chi connectivity index (χ4v) is 5.35. The van der Waals surface area contributed by atoms with Crippen LogP contribution in [0.4, 0.5) is 11.4 Å². The lowest BCUT2D eigenvalue weighted by atomic mass is 10.1. The summed E-state index contributed by atoms with van der Waals surface area (Å²) in [6.45, 7) is 0. The second kappa shape index (κ2) is 4.82. The van der Waals surface area contributed by atoms with E-state index in [1.165, 1.54) is 11.3 Å². The molecule has 5 nitrogen and oxygen atoms in total. The molecule has 0 bridgehead atoms. The number of nitrogens with one attached hydrogen (secondary N) is 2. The SMILES string of the molecule is O=C1Cc2cccc(NS(=O)(=O)c3sccc3C3CC3)c2N1. The van der Waals surface area contributed by atoms with E-state index in [1.807, 2.05) is 17.5 Å². The summed E-state index contributed by atoms with van der Waals surface area (Å²) in [5.41, 5.74) is 2.73. The molecule has 114 valence electrons. The highest BCUT2D eigenvalue weighted by Crippen LogP contribution is 2.45. The van der Waals surface area contributed by atoms with E-state index < -0.39 is 10.0 Å². The predicted molar refractivity (Wildman–Crippen MR) is 85.9 cm³/mol. The Labute approximate surface area is 132 Å². The number of benzene rings is 1. The molecule has 7 heteroatoms. The molecule has 22 heavy (non-hydrogen) atoms. The Morgan fingerprint density at radius 3 is 2.82 bits per heavy atom. The minimum absolute atomic E-state index is 0.114. The summed E-state index contributed by atoms with van der Waals surface area (Å²) in [6.07, 6.45) is 2.39. The number of sulfonamides is 1. The maximum atomic E-state index is 12.7. The zero-order chi connectivity index (χ0) is 15.3. The van der Waals surface area contributed by atoms with E-state index in [-0.39, 0.29) is 12.3 Å². The molecule has 2 heterocycles. The van der Waals surface area contributed by atoms with Gasteiger partial charge in [0.2, 0.25) is 5.91 Å². The Kier molecular flexibility index (Phi) is 3.02. The summed E-state index contributed by atoms with van der Waals surface area (Å²) in [7, 11) is -3.63. The number of carbonyl (C=O) groups excluding carboxylic acids is 1. The van der Waals surface area contributed by atoms with Crippen molar-refractivity contribution in [2.75, 3.05) is 10.0 Å². The first kappa shape index (κ1) is 13.8. The summed E-state index contributed by atoms with van der Waals surface area (Å²) >= 11 is 1.24. The van der Waals surface area contributed by atoms with Crippen molar-refractivity contribution in [3.05, 3.63) is 40.8 Å². The molecule has 0 atom stereocenters. The highest BCUT2D eigenvalue weighted by atomic mass is 32.2. The van der Waals surface area contributed by atoms with Crippen molar-refractivity contribution in [2.24, 2.45) is 0 Å². The van der Waals surface area contributed by atoms with E-state index in [2.05, 4.69) is 10.0 Å². The zero-order valence-corrected chi connectivity index (χ0v) is 13.3. The highest BCUT2D eigenvalue weighted by Gasteiger charge is 2.32. The van der Waals surface area contributed by atoms with Gasteiger partial charge in [0.25, 0.3) is 10.0 Å². The van der Waals surface area contributed by atoms with E-state index in [0.29, 0.717) is 21.5 Å². The predicted octanol–water partition coefficient (Wildman–Crippen LogP) is 2.92. The molecule has 1 aromatic heterocycles. The lowest BCUT2D eigenvalue weighted by Gasteiger charge is -2.12. The molecule has 2 aliphatic rings. The van der Waals surface area contributed by atoms with Crippen LogP contribution in [-0.4, -0.2) is 14.3 Å². The van der Waals surface area contributed by atoms with Crippen LogP contribution in [0.5, 0.6) is 0 Å². The van der Waals surface area contributed by atoms with Crippen molar-refractivity contribution >= 4 is 38.6 Å². The first-order valence-electron chi connectivity index (χ1n) is 7.06. The van der Waals surface area contributed by atoms with Crippen molar-refractivity contribution in [1.82, 2.24) is 0 Å². The first-order valence-corrected chi connectivity index (χ1v) is 9.43. The van der Waals surface area contributed by atoms with Gasteiger partial charge in [-0.3, -0.25) is 9.52 Å². The van der Waals surface area contributed by atoms with Crippen LogP contribution in [0.3, 0.4) is 0 Å². The number of para-hydroxylation sites is 1. The van der Waals surface area contributed by atoms with Crippen LogP contribution in [0.25, 0.3) is 0 Å². The summed E-state index contributed by atoms with van der Waals surface area (Å²) in [5, 5.41) is 4.54. The van der Waals surface area contributed by atoms with Gasteiger partial charge in [0.05, 0.1) is 17.8 Å². The summed E-state index contributed by atoms with van der Waals surface area (Å²) in [5.74, 6) is 0.260. The Hall–Kier alpha value is -1.86. The molecule has 1 aliphatic carbocycles. The molecule has 2 aromatic rings. The molecule has 1 aliphatic heterocycles. The van der Waals surface area contributed by atoms with Crippen LogP contribution in [0.15, 0.2) is 33.9 Å². The number of amides is 1. The largest absolute Gasteiger partial charge is 0.324 e. The van der Waals surface area contributed by atoms with Crippen LogP contribution >= 0.6 is 11.3 Å². The molecule has 0 spiro atoms. The maximum absolute atomic E-state index is 12.7. The van der Waals surface area contributed by atoms with Gasteiger partial charge in [-0.25, -0.2) is 8.42 Å². The van der Waals surface area contributed by atoms with Crippen LogP contribution in [0.2, 0.25) is 0 Å². The van der Waals surface area contributed by atoms with Gasteiger partial charge in [0, 0.05) is 0 Å². The molecule has 1 amide bonds. The normalized spacial score (nSPS) is 17.2. The fraction of sp³-hybridized carbons (Fsp3) is 0.267. The Morgan fingerprint density at radius 2 is 2.05 bits per heavy atom. The van der Waals surface area contributed by atoms with Crippen molar-refractivity contribution in [3.63, 3.8) is 0 Å². The highest BCUT2D eigenvalue weighted by molar-refractivity contribution is 7.94. The van der Waals surface area contributed by atoms with E-state index >= 15 is 0 Å². The molecule has 0 unspecified atom stereocenters. The Bertz CT molecular complexity index is 867. The molecule has 0 radical (unpaired) electrons. The topological polar surface area (TPSA) is 75.3 Å². The molecular weight excluding hydrogens is 320 g/mol. The zero-order valence-electron chi connectivity index (χ0n) is 11.6. The molecule has 0 saturated heterocycles. The van der Waals surface area contributed by atoms with Gasteiger partial charge in [-0.15, -0.1) is 11.3 Å². The smallest absolute Gasteiger partial charge is 0.271 e. The molecule has 1 aromatic carbocycles. The third-order valence-corrected chi connectivity index (χ3v) is 6.81. The summed E-state index contributed by atoms with van der Waals surface area (Å²) < 4.78 is 28.4. The summed E-state index contributed by atoms with van der Waals surface area (Å²) in [4.78, 5) is 11.5. The van der Waals surface area contributed by atoms with Crippen LogP contribution < -0.4 is 10.0 Å². The van der Waals surface area contributed by atoms with Crippen molar-refractivity contribution in [1.29, 1.82) is 0 Å². The molecule has 2 N–H and O–H groups in total. The number of fused-ring (bicyclic) bond motifs is 1. The third-order valence-electron chi connectivity index (χ3n) is 3.93. The van der Waals surface area contributed by atoms with Crippen molar-refractivity contribution < 1.29 is 13.2 Å². The van der Waals surface area contributed by atoms with Crippen LogP contribution in [0, 0.1) is 0 Å². The average molecular weight is 334 g/mol. The minimum atomic E-state index is -3.63. The second-order valence-corrected chi connectivity index (χ2v) is 8.40. The lowest BCUT2D eigenvalue weighted by Crippen LogP contribution is -2.14. The van der Waals surface area contributed by atoms with E-state index in [9.17, 15) is 13.2 Å². The number of thiophene rings is 1. The number of rotatable bonds is 4. The van der Waals surface area contributed by atoms with Crippen LogP contribution in [-0.2, 0) is 21.2 Å². The van der Waals surface area contributed by atoms with Gasteiger partial charge < -0.3 is 5.32 Å². The van der Waals surface area contributed by atoms with Gasteiger partial charge in [0.15, 0.2) is 0 Å². The molecule has 1 saturated carbocycles. The number of hydrogen-bond acceptors (Lipinski definition) is 4. The first-order chi connectivity index (χ1) is 10.5. The standard InChI is InChI=1S/C15H14N2O3S2/c18-13-8-10-2-1-3-12(14(10)16-13)17-22(19,20)15-11(6-7-21-15)9-4-5-9/h1-3,6-7,9,17H,4-5,8H2,(H,16,18). The van der Waals surface area contributed by atoms with E-state index in [0.717, 1.165) is 24.0 Å². The van der Waals surface area contributed by atoms with Crippen molar-refractivity contribution in [2.45, 2.75) is 29.4 Å². The Morgan fingerprint density at radius 1 is 1.23 bits per heavy atom. The van der Waals surface area contributed by atoms with Gasteiger partial charge in [-0.05, 0) is 47.4 Å². The van der Waals surface area contributed by atoms with Crippen molar-refractivity contribution in [3.8, 4) is 0 Å². The van der Waals surface area contributed by atoms with Crippen LogP contribution in [0.1, 0.15) is 29.9 Å². The Balaban J connectivity index is 1.70. The number of carbonyl (C=O) groups is 1. The van der Waals surface area contributed by atoms with Gasteiger partial charge in [-0.2, -0.15) is 0 Å². The fourth-order valence-electron chi connectivity index (χ4n) is 2.75. The molecule has 4 rings (SSSR count). The van der Waals surface area contributed by atoms with E-state index in [1.54, 1.807) is 12.1 Å². The molecular formula is C15H14N2O3S2. The van der Waals surface area contributed by atoms with E-state index in [4.69, 9.17) is 0 Å². The second-order valence-electron chi connectivity index (χ2n) is 5.61. The summed E-state index contributed by atoms with van der Waals surface area (Å²) in [6, 6.07) is 7.15. The maximum Gasteiger partial charge on any atom is 0.271 e. The number of anilines is 2. The van der Waals surface area contributed by atoms with Gasteiger partial charge >= 0.3 is 0 Å². The van der Waals surface area contributed by atoms with Gasteiger partial charge in [-0.1, -0.05) is 12.1 Å². The lowest BCUT2D eigenvalue weighted by molar-refractivity contribution is -0.115. The number of hydrogen-bond donors (Lipinski definition) is 2. The average Bonchev–Trinajstić information content (AvgIpc) is 3.04. The van der Waals surface area contributed by atoms with Gasteiger partial charge in [0.1, 0.15) is 4.21 Å². The monoisotopic (exact) mass is 334 g/mol. The third kappa shape index (κ3) is 2.30. The molecule has 1 fully saturated rings. The quantitative estimate of drug-likeness (QED) is 0.903. The minimum Gasteiger partial charge on any atom is -0.324 e.